The molecule has 1 saturated carbocycles. The Balaban J connectivity index is 2.68. The highest BCUT2D eigenvalue weighted by molar-refractivity contribution is 4.91. The molecule has 2 nitrogen and oxygen atoms in total. The van der Waals surface area contributed by atoms with E-state index in [-0.39, 0.29) is 11.0 Å². The van der Waals surface area contributed by atoms with Crippen LogP contribution in [0.4, 0.5) is 13.2 Å². The van der Waals surface area contributed by atoms with E-state index in [0.717, 1.165) is 32.2 Å². The summed E-state index contributed by atoms with van der Waals surface area (Å²) in [5.74, 6) is 0.695. The Bertz CT molecular complexity index is 312. The highest BCUT2D eigenvalue weighted by Crippen LogP contribution is 2.39. The molecule has 1 fully saturated rings. The molecule has 0 bridgehead atoms. The lowest BCUT2D eigenvalue weighted by molar-refractivity contribution is -0.146. The van der Waals surface area contributed by atoms with Gasteiger partial charge in [-0.25, -0.2) is 0 Å². The Morgan fingerprint density at radius 3 is 2.10 bits per heavy atom. The van der Waals surface area contributed by atoms with Crippen LogP contribution in [0, 0.1) is 11.3 Å². The Morgan fingerprint density at radius 1 is 1.14 bits per heavy atom. The van der Waals surface area contributed by atoms with E-state index in [0.29, 0.717) is 12.5 Å². The maximum atomic E-state index is 12.6. The van der Waals surface area contributed by atoms with Crippen LogP contribution in [-0.4, -0.2) is 43.3 Å². The highest BCUT2D eigenvalue weighted by Gasteiger charge is 2.38. The van der Waals surface area contributed by atoms with Crippen molar-refractivity contribution in [3.63, 3.8) is 0 Å². The molecule has 0 amide bonds. The molecule has 1 aliphatic rings. The van der Waals surface area contributed by atoms with Crippen molar-refractivity contribution in [2.45, 2.75) is 65.1 Å². The van der Waals surface area contributed by atoms with Crippen LogP contribution in [0.3, 0.4) is 0 Å². The van der Waals surface area contributed by atoms with E-state index >= 15 is 0 Å². The van der Waals surface area contributed by atoms with Crippen LogP contribution in [0.2, 0.25) is 0 Å². The Kier molecular flexibility index (Phi) is 6.13. The molecular formula is C16H31F3N2. The molecule has 0 heterocycles. The second kappa shape index (κ2) is 6.86. The fourth-order valence-electron chi connectivity index (χ4n) is 3.15. The van der Waals surface area contributed by atoms with Gasteiger partial charge in [-0.3, -0.25) is 4.90 Å². The van der Waals surface area contributed by atoms with Gasteiger partial charge in [-0.1, -0.05) is 19.8 Å². The molecule has 0 aromatic heterocycles. The van der Waals surface area contributed by atoms with E-state index in [4.69, 9.17) is 0 Å². The number of hydrogen-bond acceptors (Lipinski definition) is 2. The van der Waals surface area contributed by atoms with Gasteiger partial charge in [0.1, 0.15) is 0 Å². The molecular weight excluding hydrogens is 277 g/mol. The van der Waals surface area contributed by atoms with Gasteiger partial charge in [-0.05, 0) is 52.0 Å². The van der Waals surface area contributed by atoms with Gasteiger partial charge in [0, 0.05) is 18.6 Å². The molecule has 126 valence electrons. The van der Waals surface area contributed by atoms with E-state index in [9.17, 15) is 13.2 Å². The van der Waals surface area contributed by atoms with E-state index in [2.05, 4.69) is 33.0 Å². The molecule has 0 saturated heterocycles. The zero-order valence-electron chi connectivity index (χ0n) is 14.1. The maximum Gasteiger partial charge on any atom is 0.401 e. The molecule has 5 heteroatoms. The van der Waals surface area contributed by atoms with Crippen molar-refractivity contribution >= 4 is 0 Å². The summed E-state index contributed by atoms with van der Waals surface area (Å²) < 4.78 is 37.7. The zero-order valence-corrected chi connectivity index (χ0v) is 14.1. The molecule has 0 atom stereocenters. The zero-order chi connectivity index (χ0) is 16.3. The van der Waals surface area contributed by atoms with Crippen LogP contribution in [0.1, 0.15) is 53.4 Å². The number of halogens is 3. The number of nitrogens with one attached hydrogen (secondary N) is 1. The first-order valence-corrected chi connectivity index (χ1v) is 7.91. The Hall–Kier alpha value is -0.290. The average Bonchev–Trinajstić information content (AvgIpc) is 2.27. The number of nitrogens with zero attached hydrogens (tertiary/aromatic N) is 1. The van der Waals surface area contributed by atoms with Crippen molar-refractivity contribution in [3.8, 4) is 0 Å². The van der Waals surface area contributed by atoms with Crippen LogP contribution in [0.5, 0.6) is 0 Å². The summed E-state index contributed by atoms with van der Waals surface area (Å²) in [6, 6.07) is 0. The van der Waals surface area contributed by atoms with E-state index in [1.54, 1.807) is 7.05 Å². The second-order valence-corrected chi connectivity index (χ2v) is 8.07. The molecule has 0 aromatic carbocycles. The van der Waals surface area contributed by atoms with Gasteiger partial charge in [0.15, 0.2) is 0 Å². The predicted molar refractivity (Wildman–Crippen MR) is 81.4 cm³/mol. The average molecular weight is 308 g/mol. The number of rotatable bonds is 5. The first-order chi connectivity index (χ1) is 9.41. The van der Waals surface area contributed by atoms with Gasteiger partial charge in [0.25, 0.3) is 0 Å². The monoisotopic (exact) mass is 308 g/mol. The van der Waals surface area contributed by atoms with Gasteiger partial charge in [0.2, 0.25) is 0 Å². The van der Waals surface area contributed by atoms with Gasteiger partial charge in [0.05, 0.1) is 6.54 Å². The standard InChI is InChI=1S/C16H31F3N2/c1-13-6-8-15(9-7-13,10-20-14(2,3)4)11-21(5)12-16(17,18)19/h13,20H,6-12H2,1-5H3. The smallest absolute Gasteiger partial charge is 0.311 e. The summed E-state index contributed by atoms with van der Waals surface area (Å²) in [7, 11) is 1.59. The number of hydrogen-bond donors (Lipinski definition) is 1. The van der Waals surface area contributed by atoms with Crippen LogP contribution in [0.25, 0.3) is 0 Å². The third-order valence-corrected chi connectivity index (χ3v) is 4.38. The summed E-state index contributed by atoms with van der Waals surface area (Å²) in [4.78, 5) is 1.44. The van der Waals surface area contributed by atoms with Crippen LogP contribution >= 0.6 is 0 Å². The van der Waals surface area contributed by atoms with E-state index in [1.807, 2.05) is 0 Å². The molecule has 0 aliphatic heterocycles. The minimum Gasteiger partial charge on any atom is -0.311 e. The minimum atomic E-state index is -4.12. The summed E-state index contributed by atoms with van der Waals surface area (Å²) in [6.07, 6.45) is 0.144. The molecule has 21 heavy (non-hydrogen) atoms. The number of alkyl halides is 3. The lowest BCUT2D eigenvalue weighted by atomic mass is 9.70. The molecule has 0 spiro atoms. The molecule has 1 aliphatic carbocycles. The third-order valence-electron chi connectivity index (χ3n) is 4.38. The Labute approximate surface area is 127 Å². The lowest BCUT2D eigenvalue weighted by Crippen LogP contribution is -2.50. The SMILES string of the molecule is CC1CCC(CNC(C)(C)C)(CN(C)CC(F)(F)F)CC1. The largest absolute Gasteiger partial charge is 0.401 e. The maximum absolute atomic E-state index is 12.6. The van der Waals surface area contributed by atoms with Crippen molar-refractivity contribution in [1.29, 1.82) is 0 Å². The van der Waals surface area contributed by atoms with Crippen molar-refractivity contribution in [3.05, 3.63) is 0 Å². The van der Waals surface area contributed by atoms with Crippen molar-refractivity contribution < 1.29 is 13.2 Å². The lowest BCUT2D eigenvalue weighted by Gasteiger charge is -2.43. The quantitative estimate of drug-likeness (QED) is 0.824. The third kappa shape index (κ3) is 7.50. The summed E-state index contributed by atoms with van der Waals surface area (Å²) >= 11 is 0. The first-order valence-electron chi connectivity index (χ1n) is 7.91. The molecule has 0 aromatic rings. The van der Waals surface area contributed by atoms with Crippen LogP contribution < -0.4 is 5.32 Å². The van der Waals surface area contributed by atoms with E-state index < -0.39 is 12.7 Å². The van der Waals surface area contributed by atoms with Gasteiger partial charge in [-0.15, -0.1) is 0 Å². The summed E-state index contributed by atoms with van der Waals surface area (Å²) in [6.45, 7) is 9.04. The molecule has 1 rings (SSSR count). The van der Waals surface area contributed by atoms with Crippen molar-refractivity contribution in [2.75, 3.05) is 26.7 Å². The molecule has 1 N–H and O–H groups in total. The highest BCUT2D eigenvalue weighted by atomic mass is 19.4. The fraction of sp³-hybridized carbons (Fsp3) is 1.00. The van der Waals surface area contributed by atoms with Gasteiger partial charge in [-0.2, -0.15) is 13.2 Å². The summed E-state index contributed by atoms with van der Waals surface area (Å²) in [5.41, 5.74) is -0.0293. The van der Waals surface area contributed by atoms with Crippen LogP contribution in [-0.2, 0) is 0 Å². The summed E-state index contributed by atoms with van der Waals surface area (Å²) in [5, 5.41) is 3.51. The van der Waals surface area contributed by atoms with Crippen molar-refractivity contribution in [2.24, 2.45) is 11.3 Å². The van der Waals surface area contributed by atoms with Gasteiger partial charge < -0.3 is 5.32 Å². The topological polar surface area (TPSA) is 15.3 Å². The Morgan fingerprint density at radius 2 is 1.67 bits per heavy atom. The predicted octanol–water partition coefficient (Wildman–Crippen LogP) is 4.07. The molecule has 0 radical (unpaired) electrons. The van der Waals surface area contributed by atoms with Crippen LogP contribution in [0.15, 0.2) is 0 Å². The van der Waals surface area contributed by atoms with Crippen molar-refractivity contribution in [1.82, 2.24) is 10.2 Å². The normalized spacial score (nSPS) is 28.1. The molecule has 0 unspecified atom stereocenters. The van der Waals surface area contributed by atoms with Gasteiger partial charge >= 0.3 is 6.18 Å². The minimum absolute atomic E-state index is 0.00133. The van der Waals surface area contributed by atoms with E-state index in [1.165, 1.54) is 4.90 Å². The first kappa shape index (κ1) is 18.8. The second-order valence-electron chi connectivity index (χ2n) is 8.07. The fourth-order valence-corrected chi connectivity index (χ4v) is 3.15.